The van der Waals surface area contributed by atoms with Crippen molar-refractivity contribution in [2.24, 2.45) is 0 Å². The number of rotatable bonds is 6. The highest BCUT2D eigenvalue weighted by Crippen LogP contribution is 2.31. The third-order valence-electron chi connectivity index (χ3n) is 3.35. The van der Waals surface area contributed by atoms with Gasteiger partial charge in [0.05, 0.1) is 5.02 Å². The van der Waals surface area contributed by atoms with Crippen molar-refractivity contribution in [3.63, 3.8) is 0 Å². The molecule has 2 rings (SSSR count). The molecule has 0 aromatic heterocycles. The number of hydrogen-bond acceptors (Lipinski definition) is 1. The lowest BCUT2D eigenvalue weighted by molar-refractivity contribution is 0.528. The molecule has 1 atom stereocenters. The fourth-order valence-electron chi connectivity index (χ4n) is 2.26. The second-order valence-electron chi connectivity index (χ2n) is 4.98. The summed E-state index contributed by atoms with van der Waals surface area (Å²) >= 11 is 9.88. The molecule has 0 saturated heterocycles. The first-order valence-corrected chi connectivity index (χ1v) is 8.20. The van der Waals surface area contributed by atoms with Crippen molar-refractivity contribution in [3.8, 4) is 0 Å². The minimum atomic E-state index is -0.211. The van der Waals surface area contributed by atoms with Gasteiger partial charge in [0.2, 0.25) is 0 Å². The number of halogens is 3. The summed E-state index contributed by atoms with van der Waals surface area (Å²) in [6.45, 7) is 3.04. The first-order valence-electron chi connectivity index (χ1n) is 7.03. The number of benzene rings is 2. The predicted octanol–water partition coefficient (Wildman–Crippen LogP) is 5.53. The van der Waals surface area contributed by atoms with Gasteiger partial charge in [0, 0.05) is 10.5 Å². The van der Waals surface area contributed by atoms with Crippen molar-refractivity contribution in [2.75, 3.05) is 6.54 Å². The van der Waals surface area contributed by atoms with Crippen LogP contribution in [0.25, 0.3) is 0 Å². The van der Waals surface area contributed by atoms with E-state index in [-0.39, 0.29) is 11.9 Å². The molecule has 1 nitrogen and oxygen atoms in total. The van der Waals surface area contributed by atoms with Crippen LogP contribution in [0.3, 0.4) is 0 Å². The van der Waals surface area contributed by atoms with Gasteiger partial charge in [0.1, 0.15) is 5.82 Å². The number of nitrogens with one attached hydrogen (secondary N) is 1. The Morgan fingerprint density at radius 2 is 1.90 bits per heavy atom. The molecular weight excluding hydrogens is 353 g/mol. The smallest absolute Gasteiger partial charge is 0.123 e. The van der Waals surface area contributed by atoms with Crippen LogP contribution in [0.4, 0.5) is 4.39 Å². The first-order chi connectivity index (χ1) is 10.1. The van der Waals surface area contributed by atoms with Crippen LogP contribution >= 0.6 is 27.5 Å². The molecule has 0 aliphatic carbocycles. The Hall–Kier alpha value is -0.900. The van der Waals surface area contributed by atoms with Gasteiger partial charge in [0.15, 0.2) is 0 Å². The summed E-state index contributed by atoms with van der Waals surface area (Å²) in [6.07, 6.45) is 1.82. The monoisotopic (exact) mass is 369 g/mol. The zero-order valence-electron chi connectivity index (χ0n) is 11.9. The van der Waals surface area contributed by atoms with E-state index in [2.05, 4.69) is 28.2 Å². The molecule has 0 spiro atoms. The summed E-state index contributed by atoms with van der Waals surface area (Å²) < 4.78 is 13.9. The molecule has 1 N–H and O–H groups in total. The van der Waals surface area contributed by atoms with E-state index in [0.717, 1.165) is 40.0 Å². The van der Waals surface area contributed by atoms with Crippen LogP contribution in [0.2, 0.25) is 5.02 Å². The van der Waals surface area contributed by atoms with E-state index in [0.29, 0.717) is 0 Å². The SMILES string of the molecule is CCCNC(Cc1ccc(F)cc1)c1cccc(Br)c1Cl. The van der Waals surface area contributed by atoms with Crippen molar-refractivity contribution < 1.29 is 4.39 Å². The Kier molecular flexibility index (Phi) is 6.22. The standard InChI is InChI=1S/C17H18BrClFN/c1-2-10-21-16(11-12-6-8-13(20)9-7-12)14-4-3-5-15(18)17(14)19/h3-9,16,21H,2,10-11H2,1H3. The lowest BCUT2D eigenvalue weighted by Crippen LogP contribution is -2.24. The van der Waals surface area contributed by atoms with Gasteiger partial charge in [-0.25, -0.2) is 4.39 Å². The lowest BCUT2D eigenvalue weighted by atomic mass is 9.98. The minimum Gasteiger partial charge on any atom is -0.310 e. The summed E-state index contributed by atoms with van der Waals surface area (Å²) in [5.74, 6) is -0.211. The highest BCUT2D eigenvalue weighted by Gasteiger charge is 2.16. The predicted molar refractivity (Wildman–Crippen MR) is 90.3 cm³/mol. The highest BCUT2D eigenvalue weighted by molar-refractivity contribution is 9.10. The van der Waals surface area contributed by atoms with E-state index in [1.54, 1.807) is 0 Å². The Labute approximate surface area is 138 Å². The molecule has 0 aliphatic rings. The van der Waals surface area contributed by atoms with Gasteiger partial charge in [-0.15, -0.1) is 0 Å². The van der Waals surface area contributed by atoms with E-state index in [4.69, 9.17) is 11.6 Å². The zero-order chi connectivity index (χ0) is 15.2. The molecule has 1 unspecified atom stereocenters. The zero-order valence-corrected chi connectivity index (χ0v) is 14.2. The Bertz CT molecular complexity index is 586. The molecule has 112 valence electrons. The van der Waals surface area contributed by atoms with E-state index in [1.807, 2.05) is 30.3 Å². The van der Waals surface area contributed by atoms with Gasteiger partial charge in [-0.1, -0.05) is 42.8 Å². The van der Waals surface area contributed by atoms with Gasteiger partial charge in [-0.2, -0.15) is 0 Å². The van der Waals surface area contributed by atoms with E-state index < -0.39 is 0 Å². The third-order valence-corrected chi connectivity index (χ3v) is 4.66. The summed E-state index contributed by atoms with van der Waals surface area (Å²) in [7, 11) is 0. The van der Waals surface area contributed by atoms with Crippen molar-refractivity contribution in [2.45, 2.75) is 25.8 Å². The van der Waals surface area contributed by atoms with Gasteiger partial charge in [-0.3, -0.25) is 0 Å². The van der Waals surface area contributed by atoms with Crippen molar-refractivity contribution in [3.05, 3.63) is 68.9 Å². The molecule has 0 amide bonds. The average molecular weight is 371 g/mol. The normalized spacial score (nSPS) is 12.4. The van der Waals surface area contributed by atoms with Crippen molar-refractivity contribution in [1.29, 1.82) is 0 Å². The van der Waals surface area contributed by atoms with E-state index in [1.165, 1.54) is 12.1 Å². The molecule has 21 heavy (non-hydrogen) atoms. The Morgan fingerprint density at radius 3 is 2.57 bits per heavy atom. The highest BCUT2D eigenvalue weighted by atomic mass is 79.9. The fourth-order valence-corrected chi connectivity index (χ4v) is 2.90. The topological polar surface area (TPSA) is 12.0 Å². The molecule has 2 aromatic rings. The third kappa shape index (κ3) is 4.53. The number of hydrogen-bond donors (Lipinski definition) is 1. The van der Waals surface area contributed by atoms with Gasteiger partial charge in [-0.05, 0) is 64.6 Å². The van der Waals surface area contributed by atoms with Crippen LogP contribution in [-0.4, -0.2) is 6.54 Å². The molecule has 0 bridgehead atoms. The van der Waals surface area contributed by atoms with Crippen molar-refractivity contribution in [1.82, 2.24) is 5.32 Å². The lowest BCUT2D eigenvalue weighted by Gasteiger charge is -2.21. The quantitative estimate of drug-likeness (QED) is 0.705. The molecular formula is C17H18BrClFN. The van der Waals surface area contributed by atoms with E-state index in [9.17, 15) is 4.39 Å². The maximum atomic E-state index is 13.0. The molecule has 0 radical (unpaired) electrons. The van der Waals surface area contributed by atoms with Crippen molar-refractivity contribution >= 4 is 27.5 Å². The van der Waals surface area contributed by atoms with Crippen LogP contribution in [0, 0.1) is 5.82 Å². The van der Waals surface area contributed by atoms with Gasteiger partial charge >= 0.3 is 0 Å². The van der Waals surface area contributed by atoms with Crippen LogP contribution in [0.5, 0.6) is 0 Å². The molecule has 0 aliphatic heterocycles. The van der Waals surface area contributed by atoms with E-state index >= 15 is 0 Å². The summed E-state index contributed by atoms with van der Waals surface area (Å²) in [6, 6.07) is 12.7. The average Bonchev–Trinajstić information content (AvgIpc) is 2.48. The summed E-state index contributed by atoms with van der Waals surface area (Å²) in [5, 5.41) is 4.25. The van der Waals surface area contributed by atoms with Crippen LogP contribution in [0.1, 0.15) is 30.5 Å². The molecule has 0 heterocycles. The van der Waals surface area contributed by atoms with Gasteiger partial charge in [0.25, 0.3) is 0 Å². The van der Waals surface area contributed by atoms with Gasteiger partial charge < -0.3 is 5.32 Å². The van der Waals surface area contributed by atoms with Crippen LogP contribution < -0.4 is 5.32 Å². The second-order valence-corrected chi connectivity index (χ2v) is 6.21. The maximum absolute atomic E-state index is 13.0. The molecule has 0 fully saturated rings. The Morgan fingerprint density at radius 1 is 1.19 bits per heavy atom. The molecule has 0 saturated carbocycles. The summed E-state index contributed by atoms with van der Waals surface area (Å²) in [4.78, 5) is 0. The molecule has 2 aromatic carbocycles. The van der Waals surface area contributed by atoms with Crippen LogP contribution in [0.15, 0.2) is 46.9 Å². The minimum absolute atomic E-state index is 0.111. The largest absolute Gasteiger partial charge is 0.310 e. The summed E-state index contributed by atoms with van der Waals surface area (Å²) in [5.41, 5.74) is 2.14. The fraction of sp³-hybridized carbons (Fsp3) is 0.294. The van der Waals surface area contributed by atoms with Crippen LogP contribution in [-0.2, 0) is 6.42 Å². The Balaban J connectivity index is 2.25. The molecule has 4 heteroatoms. The second kappa shape index (κ2) is 7.92. The maximum Gasteiger partial charge on any atom is 0.123 e. The first kappa shape index (κ1) is 16.5.